The van der Waals surface area contributed by atoms with E-state index < -0.39 is 12.5 Å². The summed E-state index contributed by atoms with van der Waals surface area (Å²) in [5.41, 5.74) is 6.00. The van der Waals surface area contributed by atoms with Gasteiger partial charge in [-0.1, -0.05) is 30.3 Å². The Morgan fingerprint density at radius 3 is 2.23 bits per heavy atom. The lowest BCUT2D eigenvalue weighted by atomic mass is 10.0. The van der Waals surface area contributed by atoms with Crippen molar-refractivity contribution in [1.82, 2.24) is 0 Å². The third-order valence-corrected chi connectivity index (χ3v) is 1.84. The molecule has 3 heteroatoms. The SMILES string of the molecule is C=C[C@H](N)c1ccccc1C(F)F. The average Bonchev–Trinajstić information content (AvgIpc) is 2.16. The van der Waals surface area contributed by atoms with Crippen molar-refractivity contribution in [2.75, 3.05) is 0 Å². The maximum atomic E-state index is 12.4. The van der Waals surface area contributed by atoms with Crippen LogP contribution in [0.4, 0.5) is 8.78 Å². The molecule has 0 radical (unpaired) electrons. The first-order valence-corrected chi connectivity index (χ1v) is 3.92. The van der Waals surface area contributed by atoms with E-state index in [9.17, 15) is 8.78 Å². The molecule has 0 saturated carbocycles. The van der Waals surface area contributed by atoms with Crippen LogP contribution in [0.15, 0.2) is 36.9 Å². The lowest BCUT2D eigenvalue weighted by Gasteiger charge is -2.11. The molecule has 1 atom stereocenters. The summed E-state index contributed by atoms with van der Waals surface area (Å²) in [6, 6.07) is 5.70. The van der Waals surface area contributed by atoms with E-state index in [1.807, 2.05) is 0 Å². The molecule has 0 aliphatic carbocycles. The monoisotopic (exact) mass is 183 g/mol. The number of hydrogen-bond donors (Lipinski definition) is 1. The molecule has 0 bridgehead atoms. The van der Waals surface area contributed by atoms with Crippen molar-refractivity contribution < 1.29 is 8.78 Å². The lowest BCUT2D eigenvalue weighted by Crippen LogP contribution is -2.09. The van der Waals surface area contributed by atoms with Crippen LogP contribution in [0.2, 0.25) is 0 Å². The van der Waals surface area contributed by atoms with Crippen molar-refractivity contribution in [2.24, 2.45) is 5.73 Å². The molecule has 0 saturated heterocycles. The molecule has 1 rings (SSSR count). The first-order valence-electron chi connectivity index (χ1n) is 3.92. The minimum atomic E-state index is -2.48. The van der Waals surface area contributed by atoms with E-state index >= 15 is 0 Å². The molecule has 1 aromatic carbocycles. The van der Waals surface area contributed by atoms with E-state index in [1.165, 1.54) is 12.1 Å². The Bertz CT molecular complexity index is 297. The van der Waals surface area contributed by atoms with E-state index in [1.54, 1.807) is 18.2 Å². The standard InChI is InChI=1S/C10H11F2N/c1-2-9(13)7-5-3-4-6-8(7)10(11)12/h2-6,9-10H,1,13H2/t9-/m0/s1. The molecule has 1 aromatic rings. The summed E-state index contributed by atoms with van der Waals surface area (Å²) >= 11 is 0. The van der Waals surface area contributed by atoms with Gasteiger partial charge in [0.05, 0.1) is 0 Å². The van der Waals surface area contributed by atoms with Crippen LogP contribution < -0.4 is 5.73 Å². The molecular weight excluding hydrogens is 172 g/mol. The number of rotatable bonds is 3. The summed E-state index contributed by atoms with van der Waals surface area (Å²) < 4.78 is 24.9. The van der Waals surface area contributed by atoms with Crippen LogP contribution in [0.25, 0.3) is 0 Å². The molecule has 0 amide bonds. The van der Waals surface area contributed by atoms with E-state index in [2.05, 4.69) is 6.58 Å². The Morgan fingerprint density at radius 2 is 1.77 bits per heavy atom. The van der Waals surface area contributed by atoms with E-state index in [0.717, 1.165) is 0 Å². The minimum absolute atomic E-state index is 0.0186. The zero-order valence-corrected chi connectivity index (χ0v) is 7.08. The van der Waals surface area contributed by atoms with Gasteiger partial charge in [0.2, 0.25) is 0 Å². The Kier molecular flexibility index (Phi) is 3.14. The van der Waals surface area contributed by atoms with Crippen LogP contribution >= 0.6 is 0 Å². The molecule has 1 nitrogen and oxygen atoms in total. The summed E-state index contributed by atoms with van der Waals surface area (Å²) in [6.45, 7) is 3.47. The summed E-state index contributed by atoms with van der Waals surface area (Å²) in [7, 11) is 0. The molecular formula is C10H11F2N. The minimum Gasteiger partial charge on any atom is -0.321 e. The Morgan fingerprint density at radius 1 is 1.23 bits per heavy atom. The highest BCUT2D eigenvalue weighted by atomic mass is 19.3. The quantitative estimate of drug-likeness (QED) is 0.716. The van der Waals surface area contributed by atoms with Gasteiger partial charge < -0.3 is 5.73 Å². The van der Waals surface area contributed by atoms with Crippen LogP contribution in [-0.4, -0.2) is 0 Å². The summed E-state index contributed by atoms with van der Waals surface area (Å²) in [4.78, 5) is 0. The largest absolute Gasteiger partial charge is 0.321 e. The molecule has 0 aromatic heterocycles. The smallest absolute Gasteiger partial charge is 0.264 e. The highest BCUT2D eigenvalue weighted by molar-refractivity contribution is 5.32. The summed E-state index contributed by atoms with van der Waals surface area (Å²) in [5, 5.41) is 0. The van der Waals surface area contributed by atoms with Crippen molar-refractivity contribution in [3.05, 3.63) is 48.0 Å². The van der Waals surface area contributed by atoms with E-state index in [0.29, 0.717) is 5.56 Å². The molecule has 0 aliphatic rings. The van der Waals surface area contributed by atoms with Crippen molar-refractivity contribution in [1.29, 1.82) is 0 Å². The third kappa shape index (κ3) is 2.12. The Balaban J connectivity index is 3.11. The van der Waals surface area contributed by atoms with Gasteiger partial charge in [-0.15, -0.1) is 6.58 Å². The van der Waals surface area contributed by atoms with E-state index in [4.69, 9.17) is 5.73 Å². The van der Waals surface area contributed by atoms with Gasteiger partial charge in [0.15, 0.2) is 0 Å². The number of halogens is 2. The summed E-state index contributed by atoms with van der Waals surface area (Å²) in [6.07, 6.45) is -1.04. The van der Waals surface area contributed by atoms with Crippen LogP contribution in [-0.2, 0) is 0 Å². The van der Waals surface area contributed by atoms with Crippen LogP contribution in [0.3, 0.4) is 0 Å². The third-order valence-electron chi connectivity index (χ3n) is 1.84. The number of hydrogen-bond acceptors (Lipinski definition) is 1. The zero-order valence-electron chi connectivity index (χ0n) is 7.08. The van der Waals surface area contributed by atoms with Crippen molar-refractivity contribution in [3.63, 3.8) is 0 Å². The number of alkyl halides is 2. The number of benzene rings is 1. The molecule has 0 heterocycles. The van der Waals surface area contributed by atoms with Crippen molar-refractivity contribution >= 4 is 0 Å². The van der Waals surface area contributed by atoms with Gasteiger partial charge in [0, 0.05) is 11.6 Å². The second-order valence-electron chi connectivity index (χ2n) is 2.69. The fourth-order valence-corrected chi connectivity index (χ4v) is 1.14. The fraction of sp³-hybridized carbons (Fsp3) is 0.200. The lowest BCUT2D eigenvalue weighted by molar-refractivity contribution is 0.150. The average molecular weight is 183 g/mol. The van der Waals surface area contributed by atoms with Crippen LogP contribution in [0.5, 0.6) is 0 Å². The van der Waals surface area contributed by atoms with Crippen LogP contribution in [0.1, 0.15) is 23.6 Å². The fourth-order valence-electron chi connectivity index (χ4n) is 1.14. The zero-order chi connectivity index (χ0) is 9.84. The predicted molar refractivity (Wildman–Crippen MR) is 48.5 cm³/mol. The maximum Gasteiger partial charge on any atom is 0.264 e. The molecule has 0 aliphatic heterocycles. The molecule has 0 fully saturated rings. The van der Waals surface area contributed by atoms with Gasteiger partial charge in [-0.05, 0) is 5.56 Å². The second kappa shape index (κ2) is 4.14. The topological polar surface area (TPSA) is 26.0 Å². The molecule has 13 heavy (non-hydrogen) atoms. The van der Waals surface area contributed by atoms with Crippen LogP contribution in [0, 0.1) is 0 Å². The highest BCUT2D eigenvalue weighted by Gasteiger charge is 2.14. The van der Waals surface area contributed by atoms with Crippen molar-refractivity contribution in [2.45, 2.75) is 12.5 Å². The van der Waals surface area contributed by atoms with Gasteiger partial charge in [-0.2, -0.15) is 0 Å². The predicted octanol–water partition coefficient (Wildman–Crippen LogP) is 2.81. The molecule has 2 N–H and O–H groups in total. The van der Waals surface area contributed by atoms with Gasteiger partial charge >= 0.3 is 0 Å². The van der Waals surface area contributed by atoms with Gasteiger partial charge in [-0.25, -0.2) is 8.78 Å². The Labute approximate surface area is 75.9 Å². The van der Waals surface area contributed by atoms with Gasteiger partial charge in [-0.3, -0.25) is 0 Å². The number of nitrogens with two attached hydrogens (primary N) is 1. The maximum absolute atomic E-state index is 12.4. The molecule has 0 unspecified atom stereocenters. The first-order chi connectivity index (χ1) is 6.16. The summed E-state index contributed by atoms with van der Waals surface area (Å²) in [5.74, 6) is 0. The normalized spacial score (nSPS) is 12.9. The Hall–Kier alpha value is -1.22. The molecule has 70 valence electrons. The van der Waals surface area contributed by atoms with Gasteiger partial charge in [0.1, 0.15) is 0 Å². The van der Waals surface area contributed by atoms with E-state index in [-0.39, 0.29) is 5.56 Å². The van der Waals surface area contributed by atoms with Gasteiger partial charge in [0.25, 0.3) is 6.43 Å². The second-order valence-corrected chi connectivity index (χ2v) is 2.69. The van der Waals surface area contributed by atoms with Crippen molar-refractivity contribution in [3.8, 4) is 0 Å². The first kappa shape index (κ1) is 9.86. The highest BCUT2D eigenvalue weighted by Crippen LogP contribution is 2.26. The molecule has 0 spiro atoms.